The molecule has 3 aromatic rings. The Hall–Kier alpha value is -4.18. The minimum atomic E-state index is -0.315. The molecule has 1 aliphatic heterocycles. The monoisotopic (exact) mass is 464 g/mol. The number of aliphatic imine (C=N–C) groups is 1. The van der Waals surface area contributed by atoms with E-state index in [1.54, 1.807) is 18.6 Å². The topological polar surface area (TPSA) is 102 Å². The molecule has 2 N–H and O–H groups in total. The summed E-state index contributed by atoms with van der Waals surface area (Å²) in [6, 6.07) is 14.4. The zero-order valence-electron chi connectivity index (χ0n) is 20.0. The lowest BCUT2D eigenvalue weighted by atomic mass is 9.77. The highest BCUT2D eigenvalue weighted by Crippen LogP contribution is 2.43. The van der Waals surface area contributed by atoms with Crippen LogP contribution in [0.25, 0.3) is 17.1 Å². The average Bonchev–Trinajstić information content (AvgIpc) is 3.59. The van der Waals surface area contributed by atoms with Crippen molar-refractivity contribution in [2.45, 2.75) is 38.5 Å². The van der Waals surface area contributed by atoms with Gasteiger partial charge in [0.2, 0.25) is 5.88 Å². The summed E-state index contributed by atoms with van der Waals surface area (Å²) in [5.74, 6) is 1.79. The van der Waals surface area contributed by atoms with E-state index < -0.39 is 0 Å². The van der Waals surface area contributed by atoms with E-state index in [-0.39, 0.29) is 11.8 Å². The maximum Gasteiger partial charge on any atom is 0.205 e. The number of hydrogen-bond donors (Lipinski definition) is 1. The first-order valence-corrected chi connectivity index (χ1v) is 11.9. The van der Waals surface area contributed by atoms with E-state index in [0.29, 0.717) is 11.5 Å². The molecular formula is C28H28N6O. The molecule has 1 atom stereocenters. The highest BCUT2D eigenvalue weighted by Gasteiger charge is 2.37. The number of aromatic nitrogens is 3. The fraction of sp³-hybridized carbons (Fsp3) is 0.286. The maximum atomic E-state index is 10.0. The van der Waals surface area contributed by atoms with Crippen LogP contribution in [0, 0.1) is 17.2 Å². The Kier molecular flexibility index (Phi) is 6.19. The molecular weight excluding hydrogens is 436 g/mol. The van der Waals surface area contributed by atoms with Gasteiger partial charge in [0, 0.05) is 60.3 Å². The summed E-state index contributed by atoms with van der Waals surface area (Å²) in [5.41, 5.74) is 11.6. The van der Waals surface area contributed by atoms with Crippen molar-refractivity contribution in [1.29, 1.82) is 5.26 Å². The number of nitriles is 1. The molecule has 0 radical (unpaired) electrons. The van der Waals surface area contributed by atoms with Gasteiger partial charge in [-0.05, 0) is 49.6 Å². The first-order valence-electron chi connectivity index (χ1n) is 11.9. The number of pyridine rings is 1. The number of hydrogen-bond acceptors (Lipinski definition) is 6. The summed E-state index contributed by atoms with van der Waals surface area (Å²) >= 11 is 0. The van der Waals surface area contributed by atoms with Gasteiger partial charge in [-0.2, -0.15) is 5.26 Å². The van der Waals surface area contributed by atoms with Crippen molar-refractivity contribution in [3.05, 3.63) is 89.5 Å². The smallest absolute Gasteiger partial charge is 0.205 e. The summed E-state index contributed by atoms with van der Waals surface area (Å²) in [6.45, 7) is 1.92. The molecule has 1 saturated carbocycles. The molecule has 0 spiro atoms. The quantitative estimate of drug-likeness (QED) is 0.518. The van der Waals surface area contributed by atoms with Crippen LogP contribution >= 0.6 is 0 Å². The van der Waals surface area contributed by atoms with Crippen LogP contribution < -0.4 is 5.73 Å². The molecule has 2 aromatic heterocycles. The molecule has 0 bridgehead atoms. The molecule has 7 heteroatoms. The Morgan fingerprint density at radius 1 is 1.11 bits per heavy atom. The second-order valence-corrected chi connectivity index (χ2v) is 8.93. The second kappa shape index (κ2) is 9.59. The largest absolute Gasteiger partial charge is 0.445 e. The second-order valence-electron chi connectivity index (χ2n) is 8.93. The van der Waals surface area contributed by atoms with Crippen molar-refractivity contribution in [2.24, 2.45) is 16.6 Å². The van der Waals surface area contributed by atoms with Crippen molar-refractivity contribution < 1.29 is 4.74 Å². The molecule has 1 aliphatic carbocycles. The molecule has 176 valence electrons. The normalized spacial score (nSPS) is 19.1. The van der Waals surface area contributed by atoms with E-state index in [1.807, 2.05) is 49.0 Å². The Balaban J connectivity index is 1.55. The van der Waals surface area contributed by atoms with Crippen molar-refractivity contribution >= 4 is 5.71 Å². The lowest BCUT2D eigenvalue weighted by Crippen LogP contribution is -2.27. The fourth-order valence-electron chi connectivity index (χ4n) is 5.32. The average molecular weight is 465 g/mol. The lowest BCUT2D eigenvalue weighted by molar-refractivity contribution is 0.283. The van der Waals surface area contributed by atoms with E-state index in [9.17, 15) is 5.26 Å². The number of imidazole rings is 1. The molecule has 7 nitrogen and oxygen atoms in total. The number of allylic oxidation sites excluding steroid dienone is 3. The van der Waals surface area contributed by atoms with E-state index >= 15 is 0 Å². The van der Waals surface area contributed by atoms with Gasteiger partial charge in [0.15, 0.2) is 0 Å². The molecule has 2 aliphatic rings. The molecule has 0 saturated heterocycles. The molecule has 1 unspecified atom stereocenters. The van der Waals surface area contributed by atoms with Crippen molar-refractivity contribution in [3.63, 3.8) is 0 Å². The van der Waals surface area contributed by atoms with Gasteiger partial charge >= 0.3 is 0 Å². The van der Waals surface area contributed by atoms with Crippen molar-refractivity contribution in [2.75, 3.05) is 7.05 Å². The van der Waals surface area contributed by atoms with Crippen LogP contribution in [-0.2, 0) is 4.74 Å². The minimum Gasteiger partial charge on any atom is -0.445 e. The third kappa shape index (κ3) is 4.12. The molecule has 3 heterocycles. The zero-order valence-corrected chi connectivity index (χ0v) is 20.0. The predicted octanol–water partition coefficient (Wildman–Crippen LogP) is 5.28. The lowest BCUT2D eigenvalue weighted by Gasteiger charge is -2.31. The van der Waals surface area contributed by atoms with Gasteiger partial charge < -0.3 is 10.5 Å². The van der Waals surface area contributed by atoms with Gasteiger partial charge in [0.05, 0.1) is 5.92 Å². The van der Waals surface area contributed by atoms with Crippen LogP contribution in [0.2, 0.25) is 0 Å². The number of nitrogens with zero attached hydrogens (tertiary/aromatic N) is 5. The first-order chi connectivity index (χ1) is 17.1. The Labute approximate surface area is 205 Å². The third-order valence-electron chi connectivity index (χ3n) is 6.95. The number of benzene rings is 1. The minimum absolute atomic E-state index is 0.166. The Bertz CT molecular complexity index is 1350. The van der Waals surface area contributed by atoms with E-state index in [4.69, 9.17) is 15.5 Å². The highest BCUT2D eigenvalue weighted by molar-refractivity contribution is 6.04. The molecule has 1 aromatic carbocycles. The van der Waals surface area contributed by atoms with Crippen LogP contribution in [0.3, 0.4) is 0 Å². The Morgan fingerprint density at radius 3 is 2.49 bits per heavy atom. The number of nitrogens with two attached hydrogens (primary N) is 1. The maximum absolute atomic E-state index is 10.0. The summed E-state index contributed by atoms with van der Waals surface area (Å²) in [7, 11) is 1.83. The third-order valence-corrected chi connectivity index (χ3v) is 6.95. The Morgan fingerprint density at radius 2 is 1.83 bits per heavy atom. The molecule has 5 rings (SSSR count). The summed E-state index contributed by atoms with van der Waals surface area (Å²) in [4.78, 5) is 13.3. The first kappa shape index (κ1) is 22.6. The van der Waals surface area contributed by atoms with Crippen molar-refractivity contribution in [3.8, 4) is 23.1 Å². The molecule has 35 heavy (non-hydrogen) atoms. The van der Waals surface area contributed by atoms with Crippen LogP contribution in [-0.4, -0.2) is 27.3 Å². The summed E-state index contributed by atoms with van der Waals surface area (Å²) in [5, 5.41) is 10.0. The summed E-state index contributed by atoms with van der Waals surface area (Å²) < 4.78 is 7.90. The predicted molar refractivity (Wildman–Crippen MR) is 135 cm³/mol. The number of ether oxygens (including phenoxy) is 1. The number of rotatable bonds is 5. The van der Waals surface area contributed by atoms with Crippen LogP contribution in [0.5, 0.6) is 0 Å². The highest BCUT2D eigenvalue weighted by atomic mass is 16.5. The van der Waals surface area contributed by atoms with E-state index in [0.717, 1.165) is 52.5 Å². The van der Waals surface area contributed by atoms with E-state index in [1.165, 1.54) is 12.8 Å². The van der Waals surface area contributed by atoms with Gasteiger partial charge in [-0.1, -0.05) is 25.0 Å². The van der Waals surface area contributed by atoms with Crippen LogP contribution in [0.15, 0.2) is 89.0 Å². The zero-order chi connectivity index (χ0) is 24.4. The molecule has 0 amide bonds. The van der Waals surface area contributed by atoms with Gasteiger partial charge in [-0.15, -0.1) is 0 Å². The van der Waals surface area contributed by atoms with Gasteiger partial charge in [0.25, 0.3) is 0 Å². The van der Waals surface area contributed by atoms with E-state index in [2.05, 4.69) is 28.2 Å². The molecule has 1 fully saturated rings. The SMILES string of the molecule is CN=C(C1=C(C)OC(N)=C(C#N)C1c1ccc(-n2ccnc2-c2ccncc2)cc1)C1CCCC1. The van der Waals surface area contributed by atoms with Gasteiger partial charge in [-0.25, -0.2) is 4.98 Å². The van der Waals surface area contributed by atoms with Gasteiger partial charge in [0.1, 0.15) is 23.2 Å². The fourth-order valence-corrected chi connectivity index (χ4v) is 5.32. The van der Waals surface area contributed by atoms with Crippen molar-refractivity contribution in [1.82, 2.24) is 14.5 Å². The van der Waals surface area contributed by atoms with Crippen LogP contribution in [0.1, 0.15) is 44.1 Å². The standard InChI is InChI=1S/C28H28N6O/c1-18-24(26(31-2)20-5-3-4-6-20)25(23(17-29)27(30)35-18)19-7-9-22(10-8-19)34-16-15-33-28(34)21-11-13-32-14-12-21/h7-16,20,25H,3-6,30H2,1-2H3. The summed E-state index contributed by atoms with van der Waals surface area (Å²) in [6.07, 6.45) is 11.9. The van der Waals surface area contributed by atoms with Crippen LogP contribution in [0.4, 0.5) is 0 Å². The van der Waals surface area contributed by atoms with Gasteiger partial charge in [-0.3, -0.25) is 14.5 Å².